The van der Waals surface area contributed by atoms with E-state index in [1.165, 1.54) is 31.9 Å². The number of hydrogen-bond acceptors (Lipinski definition) is 4. The lowest BCUT2D eigenvalue weighted by atomic mass is 9.89. The van der Waals surface area contributed by atoms with Crippen molar-refractivity contribution in [3.63, 3.8) is 0 Å². The molecular formula is C14H21FN4. The second-order valence-corrected chi connectivity index (χ2v) is 5.74. The van der Waals surface area contributed by atoms with Gasteiger partial charge in [-0.2, -0.15) is 4.98 Å². The fourth-order valence-electron chi connectivity index (χ4n) is 3.59. The van der Waals surface area contributed by atoms with Crippen molar-refractivity contribution in [2.45, 2.75) is 32.6 Å². The van der Waals surface area contributed by atoms with Crippen molar-refractivity contribution in [1.82, 2.24) is 9.97 Å². The number of nitrogens with one attached hydrogen (secondary N) is 2. The SMILES string of the molecule is CCNc1ncc(F)c(NCC2CC3CCC2C3)n1. The second kappa shape index (κ2) is 5.31. The molecule has 2 aliphatic carbocycles. The summed E-state index contributed by atoms with van der Waals surface area (Å²) in [7, 11) is 0. The van der Waals surface area contributed by atoms with Crippen molar-refractivity contribution in [3.05, 3.63) is 12.0 Å². The van der Waals surface area contributed by atoms with Crippen molar-refractivity contribution < 1.29 is 4.39 Å². The van der Waals surface area contributed by atoms with Crippen LogP contribution in [0.3, 0.4) is 0 Å². The summed E-state index contributed by atoms with van der Waals surface area (Å²) in [5, 5.41) is 6.17. The first kappa shape index (κ1) is 12.6. The molecule has 3 rings (SSSR count). The normalized spacial score (nSPS) is 28.6. The molecule has 0 saturated heterocycles. The first-order valence-corrected chi connectivity index (χ1v) is 7.26. The molecule has 0 aliphatic heterocycles. The van der Waals surface area contributed by atoms with Gasteiger partial charge in [0.15, 0.2) is 11.6 Å². The van der Waals surface area contributed by atoms with Crippen molar-refractivity contribution in [2.75, 3.05) is 23.7 Å². The van der Waals surface area contributed by atoms with Gasteiger partial charge in [-0.3, -0.25) is 0 Å². The smallest absolute Gasteiger partial charge is 0.224 e. The lowest BCUT2D eigenvalue weighted by Gasteiger charge is -2.22. The molecular weight excluding hydrogens is 243 g/mol. The molecule has 0 amide bonds. The van der Waals surface area contributed by atoms with Crippen LogP contribution in [0.4, 0.5) is 16.2 Å². The number of fused-ring (bicyclic) bond motifs is 2. The van der Waals surface area contributed by atoms with Gasteiger partial charge in [0.2, 0.25) is 5.95 Å². The standard InChI is InChI=1S/C14H21FN4/c1-2-16-14-18-8-12(15)13(19-14)17-7-11-6-9-3-4-10(11)5-9/h8-11H,2-7H2,1H3,(H2,16,17,18,19). The third-order valence-corrected chi connectivity index (χ3v) is 4.50. The Balaban J connectivity index is 1.61. The summed E-state index contributed by atoms with van der Waals surface area (Å²) < 4.78 is 13.7. The number of hydrogen-bond donors (Lipinski definition) is 2. The predicted molar refractivity (Wildman–Crippen MR) is 73.6 cm³/mol. The van der Waals surface area contributed by atoms with E-state index < -0.39 is 0 Å². The molecule has 1 heterocycles. The molecule has 5 heteroatoms. The number of halogens is 1. The lowest BCUT2D eigenvalue weighted by molar-refractivity contribution is 0.348. The number of nitrogens with zero attached hydrogens (tertiary/aromatic N) is 2. The minimum Gasteiger partial charge on any atom is -0.367 e. The summed E-state index contributed by atoms with van der Waals surface area (Å²) in [5.41, 5.74) is 0. The van der Waals surface area contributed by atoms with E-state index in [2.05, 4.69) is 20.6 Å². The average molecular weight is 264 g/mol. The molecule has 3 unspecified atom stereocenters. The fraction of sp³-hybridized carbons (Fsp3) is 0.714. The molecule has 2 aliphatic rings. The van der Waals surface area contributed by atoms with Crippen molar-refractivity contribution in [3.8, 4) is 0 Å². The molecule has 3 atom stereocenters. The summed E-state index contributed by atoms with van der Waals surface area (Å²) in [5.74, 6) is 2.90. The Hall–Kier alpha value is -1.39. The summed E-state index contributed by atoms with van der Waals surface area (Å²) in [4.78, 5) is 8.09. The molecule has 19 heavy (non-hydrogen) atoms. The van der Waals surface area contributed by atoms with Crippen LogP contribution in [0.5, 0.6) is 0 Å². The van der Waals surface area contributed by atoms with Crippen LogP contribution >= 0.6 is 0 Å². The summed E-state index contributed by atoms with van der Waals surface area (Å²) in [6.07, 6.45) is 6.65. The van der Waals surface area contributed by atoms with Gasteiger partial charge in [-0.05, 0) is 43.9 Å². The van der Waals surface area contributed by atoms with Crippen molar-refractivity contribution >= 4 is 11.8 Å². The van der Waals surface area contributed by atoms with Crippen LogP contribution in [0.2, 0.25) is 0 Å². The second-order valence-electron chi connectivity index (χ2n) is 5.74. The Morgan fingerprint density at radius 1 is 1.32 bits per heavy atom. The maximum atomic E-state index is 13.7. The number of anilines is 2. The average Bonchev–Trinajstić information content (AvgIpc) is 3.02. The molecule has 2 N–H and O–H groups in total. The highest BCUT2D eigenvalue weighted by molar-refractivity contribution is 5.41. The van der Waals surface area contributed by atoms with E-state index in [1.807, 2.05) is 6.92 Å². The van der Waals surface area contributed by atoms with E-state index in [-0.39, 0.29) is 5.82 Å². The fourth-order valence-corrected chi connectivity index (χ4v) is 3.59. The zero-order valence-corrected chi connectivity index (χ0v) is 11.3. The van der Waals surface area contributed by atoms with Gasteiger partial charge in [0.05, 0.1) is 6.20 Å². The van der Waals surface area contributed by atoms with Crippen molar-refractivity contribution in [2.24, 2.45) is 17.8 Å². The van der Waals surface area contributed by atoms with Crippen LogP contribution in [0.25, 0.3) is 0 Å². The van der Waals surface area contributed by atoms with E-state index in [0.29, 0.717) is 17.7 Å². The monoisotopic (exact) mass is 264 g/mol. The van der Waals surface area contributed by atoms with Gasteiger partial charge in [0.1, 0.15) is 0 Å². The molecule has 1 aromatic heterocycles. The van der Waals surface area contributed by atoms with E-state index >= 15 is 0 Å². The molecule has 2 bridgehead atoms. The minimum atomic E-state index is -0.371. The Labute approximate surface area is 113 Å². The van der Waals surface area contributed by atoms with Crippen molar-refractivity contribution in [1.29, 1.82) is 0 Å². The van der Waals surface area contributed by atoms with Gasteiger partial charge >= 0.3 is 0 Å². The summed E-state index contributed by atoms with van der Waals surface area (Å²) in [6.45, 7) is 3.53. The van der Waals surface area contributed by atoms with Crippen LogP contribution in [0, 0.1) is 23.6 Å². The first-order chi connectivity index (χ1) is 9.26. The zero-order chi connectivity index (χ0) is 13.2. The third kappa shape index (κ3) is 2.65. The molecule has 0 spiro atoms. The highest BCUT2D eigenvalue weighted by Crippen LogP contribution is 2.48. The number of aromatic nitrogens is 2. The van der Waals surface area contributed by atoms with Gasteiger partial charge < -0.3 is 10.6 Å². The largest absolute Gasteiger partial charge is 0.367 e. The van der Waals surface area contributed by atoms with E-state index in [1.54, 1.807) is 0 Å². The number of rotatable bonds is 5. The van der Waals surface area contributed by atoms with Crippen LogP contribution in [0.1, 0.15) is 32.6 Å². The van der Waals surface area contributed by atoms with Gasteiger partial charge in [0.25, 0.3) is 0 Å². The van der Waals surface area contributed by atoms with Crippen LogP contribution < -0.4 is 10.6 Å². The third-order valence-electron chi connectivity index (χ3n) is 4.50. The maximum Gasteiger partial charge on any atom is 0.224 e. The molecule has 104 valence electrons. The molecule has 2 fully saturated rings. The van der Waals surface area contributed by atoms with Crippen LogP contribution in [-0.2, 0) is 0 Å². The maximum absolute atomic E-state index is 13.7. The summed E-state index contributed by atoms with van der Waals surface area (Å²) >= 11 is 0. The van der Waals surface area contributed by atoms with E-state index in [0.717, 1.165) is 24.9 Å². The van der Waals surface area contributed by atoms with E-state index in [9.17, 15) is 4.39 Å². The molecule has 2 saturated carbocycles. The molecule has 4 nitrogen and oxygen atoms in total. The highest BCUT2D eigenvalue weighted by atomic mass is 19.1. The van der Waals surface area contributed by atoms with Gasteiger partial charge in [-0.15, -0.1) is 0 Å². The first-order valence-electron chi connectivity index (χ1n) is 7.26. The highest BCUT2D eigenvalue weighted by Gasteiger charge is 2.39. The quantitative estimate of drug-likeness (QED) is 0.858. The predicted octanol–water partition coefficient (Wildman–Crippen LogP) is 2.90. The Kier molecular flexibility index (Phi) is 3.53. The topological polar surface area (TPSA) is 49.8 Å². The Morgan fingerprint density at radius 2 is 2.21 bits per heavy atom. The summed E-state index contributed by atoms with van der Waals surface area (Å²) in [6, 6.07) is 0. The van der Waals surface area contributed by atoms with Gasteiger partial charge in [-0.1, -0.05) is 6.42 Å². The Morgan fingerprint density at radius 3 is 2.89 bits per heavy atom. The van der Waals surface area contributed by atoms with Gasteiger partial charge in [0, 0.05) is 13.1 Å². The molecule has 0 aromatic carbocycles. The molecule has 1 aromatic rings. The van der Waals surface area contributed by atoms with Gasteiger partial charge in [-0.25, -0.2) is 9.37 Å². The van der Waals surface area contributed by atoms with Crippen LogP contribution in [0.15, 0.2) is 6.20 Å². The van der Waals surface area contributed by atoms with E-state index in [4.69, 9.17) is 0 Å². The Bertz CT molecular complexity index is 451. The minimum absolute atomic E-state index is 0.328. The molecule has 0 radical (unpaired) electrons. The lowest BCUT2D eigenvalue weighted by Crippen LogP contribution is -2.21. The zero-order valence-electron chi connectivity index (χ0n) is 11.3. The van der Waals surface area contributed by atoms with Crippen LogP contribution in [-0.4, -0.2) is 23.1 Å².